The van der Waals surface area contributed by atoms with E-state index < -0.39 is 23.8 Å². The summed E-state index contributed by atoms with van der Waals surface area (Å²) in [5.74, 6) is -2.05. The zero-order chi connectivity index (χ0) is 23.7. The molecule has 0 spiro atoms. The molecule has 1 aromatic heterocycles. The van der Waals surface area contributed by atoms with E-state index in [4.69, 9.17) is 4.42 Å². The van der Waals surface area contributed by atoms with Crippen molar-refractivity contribution in [1.82, 2.24) is 5.32 Å². The fourth-order valence-corrected chi connectivity index (χ4v) is 3.62. The SMILES string of the molecule is CCc1ccc(N2C(=O)NC(=O)C(=Cc3ccc(-c4cccc(C(=O)O)c4C)o3)C2=O)cc1. The van der Waals surface area contributed by atoms with Crippen LogP contribution in [0.4, 0.5) is 10.5 Å². The molecule has 0 atom stereocenters. The van der Waals surface area contributed by atoms with Crippen LogP contribution in [0.2, 0.25) is 0 Å². The lowest BCUT2D eigenvalue weighted by Crippen LogP contribution is -2.54. The van der Waals surface area contributed by atoms with Gasteiger partial charge in [0.1, 0.15) is 17.1 Å². The molecule has 1 fully saturated rings. The third kappa shape index (κ3) is 4.06. The number of carbonyl (C=O) groups is 4. The van der Waals surface area contributed by atoms with E-state index in [-0.39, 0.29) is 16.9 Å². The number of imide groups is 2. The Morgan fingerprint density at radius 2 is 1.79 bits per heavy atom. The van der Waals surface area contributed by atoms with E-state index in [1.807, 2.05) is 19.1 Å². The molecule has 0 unspecified atom stereocenters. The fourth-order valence-electron chi connectivity index (χ4n) is 3.62. The molecule has 1 aliphatic heterocycles. The largest absolute Gasteiger partial charge is 0.478 e. The van der Waals surface area contributed by atoms with Crippen molar-refractivity contribution in [2.75, 3.05) is 4.90 Å². The van der Waals surface area contributed by atoms with Crippen molar-refractivity contribution in [2.24, 2.45) is 0 Å². The normalized spacial score (nSPS) is 15.2. The van der Waals surface area contributed by atoms with Crippen molar-refractivity contribution in [3.05, 3.63) is 82.6 Å². The molecular formula is C25H20N2O6. The van der Waals surface area contributed by atoms with Gasteiger partial charge in [0.25, 0.3) is 11.8 Å². The number of carbonyl (C=O) groups excluding carboxylic acids is 3. The van der Waals surface area contributed by atoms with Gasteiger partial charge in [-0.3, -0.25) is 14.9 Å². The number of hydrogen-bond donors (Lipinski definition) is 2. The molecule has 8 heteroatoms. The number of hydrogen-bond acceptors (Lipinski definition) is 5. The van der Waals surface area contributed by atoms with Gasteiger partial charge in [0.05, 0.1) is 11.3 Å². The van der Waals surface area contributed by atoms with Gasteiger partial charge in [0.15, 0.2) is 0 Å². The minimum absolute atomic E-state index is 0.147. The molecule has 2 N–H and O–H groups in total. The summed E-state index contributed by atoms with van der Waals surface area (Å²) in [5, 5.41) is 11.5. The van der Waals surface area contributed by atoms with Crippen molar-refractivity contribution in [3.8, 4) is 11.3 Å². The average molecular weight is 444 g/mol. The van der Waals surface area contributed by atoms with Crippen LogP contribution in [0.15, 0.2) is 64.6 Å². The Labute approximate surface area is 189 Å². The molecule has 2 heterocycles. The summed E-state index contributed by atoms with van der Waals surface area (Å²) in [5.41, 5.74) is 2.37. The van der Waals surface area contributed by atoms with Gasteiger partial charge < -0.3 is 9.52 Å². The summed E-state index contributed by atoms with van der Waals surface area (Å²) >= 11 is 0. The Hall–Kier alpha value is -4.46. The second kappa shape index (κ2) is 8.58. The highest BCUT2D eigenvalue weighted by Gasteiger charge is 2.37. The standard InChI is InChI=1S/C25H20N2O6/c1-3-15-7-9-16(10-8-15)27-23(29)20(22(28)26-25(27)32)13-17-11-12-21(33-17)18-5-4-6-19(14(18)2)24(30)31/h4-13H,3H2,1-2H3,(H,30,31)(H,26,28,32). The quantitative estimate of drug-likeness (QED) is 0.450. The predicted octanol–water partition coefficient (Wildman–Crippen LogP) is 4.18. The average Bonchev–Trinajstić information content (AvgIpc) is 3.25. The summed E-state index contributed by atoms with van der Waals surface area (Å²) in [6.07, 6.45) is 2.07. The van der Waals surface area contributed by atoms with Crippen LogP contribution in [-0.2, 0) is 16.0 Å². The van der Waals surface area contributed by atoms with Gasteiger partial charge in [0.2, 0.25) is 0 Å². The molecule has 3 aromatic rings. The van der Waals surface area contributed by atoms with Crippen molar-refractivity contribution < 1.29 is 28.7 Å². The Morgan fingerprint density at radius 3 is 2.45 bits per heavy atom. The molecule has 0 aliphatic carbocycles. The zero-order valence-electron chi connectivity index (χ0n) is 17.9. The van der Waals surface area contributed by atoms with Crippen LogP contribution < -0.4 is 10.2 Å². The molecule has 4 rings (SSSR count). The minimum Gasteiger partial charge on any atom is -0.478 e. The molecule has 33 heavy (non-hydrogen) atoms. The number of carboxylic acids is 1. The van der Waals surface area contributed by atoms with Crippen LogP contribution in [0, 0.1) is 6.92 Å². The molecule has 1 aliphatic rings. The first-order chi connectivity index (χ1) is 15.8. The summed E-state index contributed by atoms with van der Waals surface area (Å²) in [6, 6.07) is 14.1. The lowest BCUT2D eigenvalue weighted by atomic mass is 10.0. The van der Waals surface area contributed by atoms with Gasteiger partial charge in [-0.2, -0.15) is 0 Å². The van der Waals surface area contributed by atoms with Gasteiger partial charge in [-0.1, -0.05) is 31.2 Å². The smallest absolute Gasteiger partial charge is 0.335 e. The number of aryl methyl sites for hydroxylation is 1. The van der Waals surface area contributed by atoms with Crippen LogP contribution in [0.3, 0.4) is 0 Å². The molecule has 0 bridgehead atoms. The monoisotopic (exact) mass is 444 g/mol. The van der Waals surface area contributed by atoms with Crippen LogP contribution in [0.5, 0.6) is 0 Å². The van der Waals surface area contributed by atoms with Gasteiger partial charge in [-0.05, 0) is 60.9 Å². The van der Waals surface area contributed by atoms with Crippen molar-refractivity contribution >= 4 is 35.6 Å². The number of urea groups is 1. The first kappa shape index (κ1) is 21.8. The van der Waals surface area contributed by atoms with Gasteiger partial charge >= 0.3 is 12.0 Å². The highest BCUT2D eigenvalue weighted by Crippen LogP contribution is 2.29. The number of furan rings is 1. The van der Waals surface area contributed by atoms with E-state index >= 15 is 0 Å². The van der Waals surface area contributed by atoms with Gasteiger partial charge in [0, 0.05) is 5.56 Å². The number of anilines is 1. The molecule has 2 aromatic carbocycles. The number of nitrogens with zero attached hydrogens (tertiary/aromatic N) is 1. The topological polar surface area (TPSA) is 117 Å². The number of aromatic carboxylic acids is 1. The molecule has 8 nitrogen and oxygen atoms in total. The molecule has 1 saturated heterocycles. The third-order valence-corrected chi connectivity index (χ3v) is 5.45. The Kier molecular flexibility index (Phi) is 5.66. The van der Waals surface area contributed by atoms with Crippen LogP contribution in [0.25, 0.3) is 17.4 Å². The van der Waals surface area contributed by atoms with Gasteiger partial charge in [-0.15, -0.1) is 0 Å². The fraction of sp³-hybridized carbons (Fsp3) is 0.120. The Morgan fingerprint density at radius 1 is 1.06 bits per heavy atom. The molecule has 0 saturated carbocycles. The number of barbiturate groups is 1. The third-order valence-electron chi connectivity index (χ3n) is 5.45. The zero-order valence-corrected chi connectivity index (χ0v) is 17.9. The van der Waals surface area contributed by atoms with E-state index in [2.05, 4.69) is 5.32 Å². The number of amides is 4. The maximum absolute atomic E-state index is 13.0. The summed E-state index contributed by atoms with van der Waals surface area (Å²) in [4.78, 5) is 50.1. The maximum Gasteiger partial charge on any atom is 0.335 e. The van der Waals surface area contributed by atoms with Crippen molar-refractivity contribution in [3.63, 3.8) is 0 Å². The van der Waals surface area contributed by atoms with Crippen molar-refractivity contribution in [2.45, 2.75) is 20.3 Å². The van der Waals surface area contributed by atoms with Crippen molar-refractivity contribution in [1.29, 1.82) is 0 Å². The highest BCUT2D eigenvalue weighted by molar-refractivity contribution is 6.39. The second-order valence-corrected chi connectivity index (χ2v) is 7.46. The molecule has 4 amide bonds. The molecular weight excluding hydrogens is 424 g/mol. The first-order valence-corrected chi connectivity index (χ1v) is 10.2. The van der Waals surface area contributed by atoms with E-state index in [1.165, 1.54) is 12.1 Å². The van der Waals surface area contributed by atoms with E-state index in [0.29, 0.717) is 22.6 Å². The summed E-state index contributed by atoms with van der Waals surface area (Å²) in [7, 11) is 0. The maximum atomic E-state index is 13.0. The minimum atomic E-state index is -1.05. The number of nitrogens with one attached hydrogen (secondary N) is 1. The first-order valence-electron chi connectivity index (χ1n) is 10.2. The van der Waals surface area contributed by atoms with E-state index in [0.717, 1.165) is 16.9 Å². The van der Waals surface area contributed by atoms with Crippen LogP contribution in [-0.4, -0.2) is 28.9 Å². The summed E-state index contributed by atoms with van der Waals surface area (Å²) in [6.45, 7) is 3.66. The second-order valence-electron chi connectivity index (χ2n) is 7.46. The number of benzene rings is 2. The van der Waals surface area contributed by atoms with Crippen LogP contribution >= 0.6 is 0 Å². The molecule has 0 radical (unpaired) electrons. The summed E-state index contributed by atoms with van der Waals surface area (Å²) < 4.78 is 5.78. The predicted molar refractivity (Wildman–Crippen MR) is 121 cm³/mol. The van der Waals surface area contributed by atoms with E-state index in [9.17, 15) is 24.3 Å². The van der Waals surface area contributed by atoms with E-state index in [1.54, 1.807) is 43.3 Å². The Bertz CT molecular complexity index is 1320. The lowest BCUT2D eigenvalue weighted by molar-refractivity contribution is -0.122. The number of carboxylic acid groups (broad SMARTS) is 1. The Balaban J connectivity index is 1.67. The highest BCUT2D eigenvalue weighted by atomic mass is 16.4. The van der Waals surface area contributed by atoms with Crippen LogP contribution in [0.1, 0.15) is 34.2 Å². The number of rotatable bonds is 5. The molecule has 166 valence electrons. The lowest BCUT2D eigenvalue weighted by Gasteiger charge is -2.26. The van der Waals surface area contributed by atoms with Gasteiger partial charge in [-0.25, -0.2) is 14.5 Å².